The average molecular weight is 315 g/mol. The lowest BCUT2D eigenvalue weighted by Gasteiger charge is -2.04. The van der Waals surface area contributed by atoms with Gasteiger partial charge in [0.25, 0.3) is 11.2 Å². The molecule has 2 aromatic heterocycles. The van der Waals surface area contributed by atoms with E-state index in [-0.39, 0.29) is 11.2 Å². The molecular weight excluding hydrogens is 302 g/mol. The van der Waals surface area contributed by atoms with Crippen molar-refractivity contribution >= 4 is 27.2 Å². The summed E-state index contributed by atoms with van der Waals surface area (Å²) in [6.07, 6.45) is 2.39. The zero-order chi connectivity index (χ0) is 15.7. The zero-order valence-electron chi connectivity index (χ0n) is 11.9. The van der Waals surface area contributed by atoms with Crippen molar-refractivity contribution in [2.45, 2.75) is 19.9 Å². The van der Waals surface area contributed by atoms with Gasteiger partial charge in [-0.05, 0) is 12.0 Å². The van der Waals surface area contributed by atoms with E-state index in [9.17, 15) is 14.9 Å². The van der Waals surface area contributed by atoms with Crippen molar-refractivity contribution in [2.75, 3.05) is 0 Å². The van der Waals surface area contributed by atoms with Gasteiger partial charge in [0.05, 0.1) is 16.6 Å². The fourth-order valence-electron chi connectivity index (χ4n) is 2.37. The smallest absolute Gasteiger partial charge is 0.270 e. The number of aromatic nitrogens is 2. The van der Waals surface area contributed by atoms with Crippen molar-refractivity contribution < 1.29 is 4.92 Å². The number of rotatable bonds is 4. The van der Waals surface area contributed by atoms with E-state index in [1.165, 1.54) is 23.5 Å². The van der Waals surface area contributed by atoms with Gasteiger partial charge in [0, 0.05) is 29.6 Å². The minimum Gasteiger partial charge on any atom is -0.299 e. The first-order valence-electron chi connectivity index (χ1n) is 6.83. The molecule has 0 aliphatic rings. The number of nitro groups is 1. The molecule has 0 bridgehead atoms. The summed E-state index contributed by atoms with van der Waals surface area (Å²) in [4.78, 5) is 28.0. The maximum atomic E-state index is 12.6. The van der Waals surface area contributed by atoms with E-state index in [2.05, 4.69) is 4.98 Å². The Morgan fingerprint density at radius 3 is 2.95 bits per heavy atom. The van der Waals surface area contributed by atoms with Crippen molar-refractivity contribution in [1.29, 1.82) is 0 Å². The number of thiophene rings is 1. The van der Waals surface area contributed by atoms with Crippen molar-refractivity contribution in [3.8, 4) is 11.1 Å². The highest BCUT2D eigenvalue weighted by Gasteiger charge is 2.15. The fourth-order valence-corrected chi connectivity index (χ4v) is 3.27. The predicted octanol–water partition coefficient (Wildman–Crippen LogP) is 3.44. The Morgan fingerprint density at radius 2 is 2.23 bits per heavy atom. The lowest BCUT2D eigenvalue weighted by Crippen LogP contribution is -2.20. The van der Waals surface area contributed by atoms with Crippen LogP contribution in [0.2, 0.25) is 0 Å². The number of hydrogen-bond donors (Lipinski definition) is 0. The molecule has 0 aliphatic heterocycles. The molecule has 0 N–H and O–H groups in total. The molecule has 0 amide bonds. The fraction of sp³-hybridized carbons (Fsp3) is 0.200. The number of hydrogen-bond acceptors (Lipinski definition) is 5. The maximum Gasteiger partial charge on any atom is 0.270 e. The van der Waals surface area contributed by atoms with Gasteiger partial charge in [-0.25, -0.2) is 4.98 Å². The second kappa shape index (κ2) is 5.69. The Hall–Kier alpha value is -2.54. The summed E-state index contributed by atoms with van der Waals surface area (Å²) in [7, 11) is 0. The molecule has 0 radical (unpaired) electrons. The Labute approximate surface area is 129 Å². The van der Waals surface area contributed by atoms with Gasteiger partial charge in [0.15, 0.2) is 0 Å². The minimum atomic E-state index is -0.439. The first-order chi connectivity index (χ1) is 10.6. The Kier molecular flexibility index (Phi) is 3.72. The SMILES string of the molecule is CCCn1cnc2scc(-c3cccc([N+](=O)[O-])c3)c2c1=O. The van der Waals surface area contributed by atoms with Crippen LogP contribution >= 0.6 is 11.3 Å². The second-order valence-electron chi connectivity index (χ2n) is 4.88. The molecule has 2 heterocycles. The summed E-state index contributed by atoms with van der Waals surface area (Å²) in [5, 5.41) is 13.3. The summed E-state index contributed by atoms with van der Waals surface area (Å²) in [6.45, 7) is 2.59. The first-order valence-corrected chi connectivity index (χ1v) is 7.71. The van der Waals surface area contributed by atoms with Crippen LogP contribution in [0.4, 0.5) is 5.69 Å². The predicted molar refractivity (Wildman–Crippen MR) is 86.3 cm³/mol. The third-order valence-corrected chi connectivity index (χ3v) is 4.28. The molecule has 0 aliphatic carbocycles. The number of fused-ring (bicyclic) bond motifs is 1. The van der Waals surface area contributed by atoms with Crippen LogP contribution in [-0.2, 0) is 6.54 Å². The highest BCUT2D eigenvalue weighted by atomic mass is 32.1. The van der Waals surface area contributed by atoms with E-state index in [1.54, 1.807) is 23.0 Å². The average Bonchev–Trinajstić information content (AvgIpc) is 2.95. The number of benzene rings is 1. The molecule has 22 heavy (non-hydrogen) atoms. The molecule has 3 aromatic rings. The summed E-state index contributed by atoms with van der Waals surface area (Å²) in [6, 6.07) is 6.31. The van der Waals surface area contributed by atoms with Crippen molar-refractivity contribution in [3.63, 3.8) is 0 Å². The van der Waals surface area contributed by atoms with Crippen molar-refractivity contribution in [1.82, 2.24) is 9.55 Å². The van der Waals surface area contributed by atoms with Crippen LogP contribution in [-0.4, -0.2) is 14.5 Å². The van der Waals surface area contributed by atoms with Gasteiger partial charge < -0.3 is 0 Å². The monoisotopic (exact) mass is 315 g/mol. The number of non-ortho nitro benzene ring substituents is 1. The third-order valence-electron chi connectivity index (χ3n) is 3.39. The standard InChI is InChI=1S/C15H13N3O3S/c1-2-6-17-9-16-14-13(15(17)19)12(8-22-14)10-4-3-5-11(7-10)18(20)21/h3-5,7-9H,2,6H2,1H3. The van der Waals surface area contributed by atoms with Crippen LogP contribution in [0.5, 0.6) is 0 Å². The van der Waals surface area contributed by atoms with Gasteiger partial charge in [-0.2, -0.15) is 0 Å². The molecular formula is C15H13N3O3S. The topological polar surface area (TPSA) is 78.0 Å². The molecule has 7 heteroatoms. The van der Waals surface area contributed by atoms with Gasteiger partial charge in [-0.15, -0.1) is 11.3 Å². The van der Waals surface area contributed by atoms with E-state index in [4.69, 9.17) is 0 Å². The number of nitro benzene ring substituents is 1. The lowest BCUT2D eigenvalue weighted by molar-refractivity contribution is -0.384. The molecule has 0 spiro atoms. The normalized spacial score (nSPS) is 11.0. The molecule has 0 saturated carbocycles. The molecule has 0 saturated heterocycles. The lowest BCUT2D eigenvalue weighted by atomic mass is 10.1. The molecule has 1 aromatic carbocycles. The molecule has 3 rings (SSSR count). The van der Waals surface area contributed by atoms with E-state index in [0.29, 0.717) is 27.9 Å². The van der Waals surface area contributed by atoms with Gasteiger partial charge in [-0.3, -0.25) is 19.5 Å². The number of nitrogens with zero attached hydrogens (tertiary/aromatic N) is 3. The van der Waals surface area contributed by atoms with Crippen molar-refractivity contribution in [3.05, 3.63) is 56.4 Å². The van der Waals surface area contributed by atoms with Crippen LogP contribution in [0.3, 0.4) is 0 Å². The van der Waals surface area contributed by atoms with E-state index in [1.807, 2.05) is 12.3 Å². The summed E-state index contributed by atoms with van der Waals surface area (Å²) < 4.78 is 1.58. The van der Waals surface area contributed by atoms with Crippen LogP contribution in [0.15, 0.2) is 40.8 Å². The summed E-state index contributed by atoms with van der Waals surface area (Å²) in [5.74, 6) is 0. The first kappa shape index (κ1) is 14.4. The van der Waals surface area contributed by atoms with E-state index in [0.717, 1.165) is 6.42 Å². The third kappa shape index (κ3) is 2.39. The molecule has 0 fully saturated rings. The Balaban J connectivity index is 2.23. The largest absolute Gasteiger partial charge is 0.299 e. The molecule has 0 unspecified atom stereocenters. The Morgan fingerprint density at radius 1 is 1.41 bits per heavy atom. The summed E-state index contributed by atoms with van der Waals surface area (Å²) >= 11 is 1.37. The van der Waals surface area contributed by atoms with Gasteiger partial charge >= 0.3 is 0 Å². The van der Waals surface area contributed by atoms with Crippen LogP contribution in [0.25, 0.3) is 21.3 Å². The van der Waals surface area contributed by atoms with Gasteiger partial charge in [0.2, 0.25) is 0 Å². The quantitative estimate of drug-likeness (QED) is 0.546. The number of aryl methyl sites for hydroxylation is 1. The Bertz CT molecular complexity index is 914. The van der Waals surface area contributed by atoms with Gasteiger partial charge in [0.1, 0.15) is 4.83 Å². The van der Waals surface area contributed by atoms with E-state index >= 15 is 0 Å². The van der Waals surface area contributed by atoms with E-state index < -0.39 is 4.92 Å². The molecule has 112 valence electrons. The second-order valence-corrected chi connectivity index (χ2v) is 5.74. The van der Waals surface area contributed by atoms with Crippen LogP contribution < -0.4 is 5.56 Å². The highest BCUT2D eigenvalue weighted by Crippen LogP contribution is 2.32. The minimum absolute atomic E-state index is 0.00891. The zero-order valence-corrected chi connectivity index (χ0v) is 12.7. The van der Waals surface area contributed by atoms with Crippen LogP contribution in [0.1, 0.15) is 13.3 Å². The molecule has 6 nitrogen and oxygen atoms in total. The van der Waals surface area contributed by atoms with Crippen LogP contribution in [0, 0.1) is 10.1 Å². The van der Waals surface area contributed by atoms with Gasteiger partial charge in [-0.1, -0.05) is 19.1 Å². The highest BCUT2D eigenvalue weighted by molar-refractivity contribution is 7.17. The van der Waals surface area contributed by atoms with Crippen molar-refractivity contribution in [2.24, 2.45) is 0 Å². The summed E-state index contributed by atoms with van der Waals surface area (Å²) in [5.41, 5.74) is 1.27. The maximum absolute atomic E-state index is 12.6. The molecule has 0 atom stereocenters.